The van der Waals surface area contributed by atoms with Crippen LogP contribution in [0.15, 0.2) is 9.59 Å². The summed E-state index contributed by atoms with van der Waals surface area (Å²) in [6.45, 7) is 4.20. The molecule has 0 amide bonds. The molecule has 0 N–H and O–H groups in total. The van der Waals surface area contributed by atoms with Crippen LogP contribution in [0.2, 0.25) is 0 Å². The number of nitriles is 1. The molecule has 2 heterocycles. The van der Waals surface area contributed by atoms with Crippen molar-refractivity contribution < 1.29 is 0 Å². The van der Waals surface area contributed by atoms with Gasteiger partial charge in [0.1, 0.15) is 12.4 Å². The monoisotopic (exact) mass is 261 g/mol. The second-order valence-corrected chi connectivity index (χ2v) is 4.37. The van der Waals surface area contributed by atoms with E-state index in [1.807, 2.05) is 13.0 Å². The average molecular weight is 261 g/mol. The predicted octanol–water partition coefficient (Wildman–Crippen LogP) is 0.139. The fourth-order valence-electron chi connectivity index (χ4n) is 2.19. The van der Waals surface area contributed by atoms with E-state index in [0.717, 1.165) is 11.0 Å². The Kier molecular flexibility index (Phi) is 3.25. The second-order valence-electron chi connectivity index (χ2n) is 4.37. The van der Waals surface area contributed by atoms with E-state index in [-0.39, 0.29) is 6.54 Å². The standard InChI is InChI=1S/C12H15N5O2/c1-4-6-16-8(2)14-10-9(16)11(18)17(7-5-13)12(19)15(10)3/h4,6-7H2,1-3H3. The van der Waals surface area contributed by atoms with E-state index in [1.54, 1.807) is 18.5 Å². The molecule has 2 aromatic heterocycles. The summed E-state index contributed by atoms with van der Waals surface area (Å²) in [5, 5.41) is 8.73. The minimum atomic E-state index is -0.514. The van der Waals surface area contributed by atoms with Gasteiger partial charge in [-0.2, -0.15) is 5.26 Å². The highest BCUT2D eigenvalue weighted by molar-refractivity contribution is 5.71. The van der Waals surface area contributed by atoms with E-state index in [1.165, 1.54) is 4.57 Å². The van der Waals surface area contributed by atoms with Gasteiger partial charge in [-0.25, -0.2) is 14.3 Å². The van der Waals surface area contributed by atoms with E-state index in [9.17, 15) is 9.59 Å². The lowest BCUT2D eigenvalue weighted by Gasteiger charge is -2.07. The first-order valence-corrected chi connectivity index (χ1v) is 6.06. The Balaban J connectivity index is 2.97. The van der Waals surface area contributed by atoms with E-state index in [0.29, 0.717) is 23.5 Å². The molecular formula is C12H15N5O2. The Morgan fingerprint density at radius 1 is 1.32 bits per heavy atom. The number of imidazole rings is 1. The predicted molar refractivity (Wildman–Crippen MR) is 69.9 cm³/mol. The molecule has 0 aliphatic carbocycles. The van der Waals surface area contributed by atoms with Gasteiger partial charge in [0.25, 0.3) is 5.56 Å². The maximum absolute atomic E-state index is 12.3. The van der Waals surface area contributed by atoms with Crippen molar-refractivity contribution >= 4 is 11.2 Å². The molecule has 0 fully saturated rings. The zero-order valence-electron chi connectivity index (χ0n) is 11.2. The molecule has 2 rings (SSSR count). The molecule has 0 aliphatic heterocycles. The Bertz CT molecular complexity index is 788. The van der Waals surface area contributed by atoms with E-state index in [2.05, 4.69) is 4.98 Å². The molecule has 0 saturated heterocycles. The van der Waals surface area contributed by atoms with Gasteiger partial charge in [0.15, 0.2) is 11.2 Å². The number of fused-ring (bicyclic) bond motifs is 1. The molecule has 0 atom stereocenters. The van der Waals surface area contributed by atoms with Gasteiger partial charge >= 0.3 is 5.69 Å². The molecule has 0 aliphatic rings. The highest BCUT2D eigenvalue weighted by atomic mass is 16.2. The zero-order chi connectivity index (χ0) is 14.2. The first-order valence-electron chi connectivity index (χ1n) is 6.06. The molecule has 0 saturated carbocycles. The summed E-state index contributed by atoms with van der Waals surface area (Å²) >= 11 is 0. The zero-order valence-corrected chi connectivity index (χ0v) is 11.2. The SMILES string of the molecule is CCCn1c(C)nc2c1c(=O)n(CC#N)c(=O)n2C. The minimum absolute atomic E-state index is 0.252. The summed E-state index contributed by atoms with van der Waals surface area (Å²) in [6, 6.07) is 1.84. The average Bonchev–Trinajstić information content (AvgIpc) is 2.70. The molecule has 7 heteroatoms. The van der Waals surface area contributed by atoms with Crippen molar-refractivity contribution in [2.75, 3.05) is 0 Å². The van der Waals surface area contributed by atoms with Crippen LogP contribution in [0.1, 0.15) is 19.2 Å². The van der Waals surface area contributed by atoms with Crippen molar-refractivity contribution in [3.63, 3.8) is 0 Å². The van der Waals surface area contributed by atoms with Gasteiger partial charge in [-0.05, 0) is 13.3 Å². The van der Waals surface area contributed by atoms with Gasteiger partial charge in [0, 0.05) is 13.6 Å². The van der Waals surface area contributed by atoms with Gasteiger partial charge in [-0.3, -0.25) is 9.36 Å². The van der Waals surface area contributed by atoms with Gasteiger partial charge in [-0.1, -0.05) is 6.92 Å². The molecule has 0 aromatic carbocycles. The van der Waals surface area contributed by atoms with Crippen molar-refractivity contribution in [1.29, 1.82) is 5.26 Å². The fourth-order valence-corrected chi connectivity index (χ4v) is 2.19. The third-order valence-electron chi connectivity index (χ3n) is 3.10. The van der Waals surface area contributed by atoms with Crippen molar-refractivity contribution in [1.82, 2.24) is 18.7 Å². The van der Waals surface area contributed by atoms with Crippen molar-refractivity contribution in [3.8, 4) is 6.07 Å². The number of aromatic nitrogens is 4. The third-order valence-corrected chi connectivity index (χ3v) is 3.10. The fraction of sp³-hybridized carbons (Fsp3) is 0.500. The largest absolute Gasteiger partial charge is 0.333 e. The molecule has 100 valence electrons. The molecule has 7 nitrogen and oxygen atoms in total. The number of rotatable bonds is 3. The van der Waals surface area contributed by atoms with Crippen molar-refractivity contribution in [2.24, 2.45) is 7.05 Å². The van der Waals surface area contributed by atoms with Crippen molar-refractivity contribution in [3.05, 3.63) is 26.7 Å². The van der Waals surface area contributed by atoms with Crippen LogP contribution < -0.4 is 11.2 Å². The highest BCUT2D eigenvalue weighted by Gasteiger charge is 2.17. The van der Waals surface area contributed by atoms with E-state index in [4.69, 9.17) is 5.26 Å². The lowest BCUT2D eigenvalue weighted by atomic mass is 10.4. The van der Waals surface area contributed by atoms with Gasteiger partial charge < -0.3 is 4.57 Å². The number of hydrogen-bond donors (Lipinski definition) is 0. The number of nitrogens with zero attached hydrogens (tertiary/aromatic N) is 5. The Hall–Kier alpha value is -2.36. The second kappa shape index (κ2) is 4.72. The maximum Gasteiger partial charge on any atom is 0.333 e. The van der Waals surface area contributed by atoms with Crippen LogP contribution in [0.3, 0.4) is 0 Å². The summed E-state index contributed by atoms with van der Waals surface area (Å²) in [7, 11) is 1.56. The minimum Gasteiger partial charge on any atom is -0.322 e. The summed E-state index contributed by atoms with van der Waals surface area (Å²) in [5.41, 5.74) is -0.208. The summed E-state index contributed by atoms with van der Waals surface area (Å²) in [5.74, 6) is 0.693. The molecule has 2 aromatic rings. The molecule has 0 bridgehead atoms. The van der Waals surface area contributed by atoms with Crippen LogP contribution in [-0.2, 0) is 20.1 Å². The Morgan fingerprint density at radius 2 is 2.00 bits per heavy atom. The Morgan fingerprint density at radius 3 is 2.58 bits per heavy atom. The molecule has 0 radical (unpaired) electrons. The van der Waals surface area contributed by atoms with Crippen LogP contribution >= 0.6 is 0 Å². The summed E-state index contributed by atoms with van der Waals surface area (Å²) in [6.07, 6.45) is 0.854. The normalized spacial score (nSPS) is 10.8. The van der Waals surface area contributed by atoms with Gasteiger partial charge in [-0.15, -0.1) is 0 Å². The first kappa shape index (κ1) is 13.1. The lowest BCUT2D eigenvalue weighted by molar-refractivity contribution is 0.650. The van der Waals surface area contributed by atoms with Crippen LogP contribution in [0.25, 0.3) is 11.2 Å². The molecule has 0 unspecified atom stereocenters. The summed E-state index contributed by atoms with van der Waals surface area (Å²) in [4.78, 5) is 28.6. The van der Waals surface area contributed by atoms with Crippen LogP contribution in [-0.4, -0.2) is 18.7 Å². The quantitative estimate of drug-likeness (QED) is 0.786. The number of aryl methyl sites for hydroxylation is 3. The Labute approximate surface area is 109 Å². The first-order chi connectivity index (χ1) is 9.02. The summed E-state index contributed by atoms with van der Waals surface area (Å²) < 4.78 is 4.05. The molecular weight excluding hydrogens is 246 g/mol. The van der Waals surface area contributed by atoms with E-state index >= 15 is 0 Å². The van der Waals surface area contributed by atoms with Gasteiger partial charge in [0.05, 0.1) is 6.07 Å². The van der Waals surface area contributed by atoms with Crippen LogP contribution in [0.5, 0.6) is 0 Å². The lowest BCUT2D eigenvalue weighted by Crippen LogP contribution is -2.39. The smallest absolute Gasteiger partial charge is 0.322 e. The van der Waals surface area contributed by atoms with Crippen LogP contribution in [0, 0.1) is 18.3 Å². The topological polar surface area (TPSA) is 85.6 Å². The maximum atomic E-state index is 12.3. The van der Waals surface area contributed by atoms with Gasteiger partial charge in [0.2, 0.25) is 0 Å². The third kappa shape index (κ3) is 1.85. The van der Waals surface area contributed by atoms with E-state index < -0.39 is 11.2 Å². The van der Waals surface area contributed by atoms with Crippen LogP contribution in [0.4, 0.5) is 0 Å². The molecule has 0 spiro atoms. The number of hydrogen-bond acceptors (Lipinski definition) is 4. The van der Waals surface area contributed by atoms with Crippen molar-refractivity contribution in [2.45, 2.75) is 33.4 Å². The highest BCUT2D eigenvalue weighted by Crippen LogP contribution is 2.10. The molecule has 19 heavy (non-hydrogen) atoms.